The van der Waals surface area contributed by atoms with Gasteiger partial charge in [-0.1, -0.05) is 51.0 Å². The van der Waals surface area contributed by atoms with Crippen LogP contribution < -0.4 is 0 Å². The number of phenols is 2. The smallest absolute Gasteiger partial charge is 0.121 e. The van der Waals surface area contributed by atoms with E-state index in [1.54, 1.807) is 6.07 Å². The Hall–Kier alpha value is -2.00. The second-order valence-corrected chi connectivity index (χ2v) is 10.5. The highest BCUT2D eigenvalue weighted by atomic mass is 16.3. The van der Waals surface area contributed by atoms with Gasteiger partial charge in [-0.3, -0.25) is 0 Å². The second kappa shape index (κ2) is 8.86. The van der Waals surface area contributed by atoms with E-state index in [-0.39, 0.29) is 17.8 Å². The first-order valence-corrected chi connectivity index (χ1v) is 12.1. The van der Waals surface area contributed by atoms with Crippen LogP contribution in [0.15, 0.2) is 30.3 Å². The van der Waals surface area contributed by atoms with Crippen molar-refractivity contribution in [3.63, 3.8) is 0 Å². The molecule has 2 saturated carbocycles. The maximum Gasteiger partial charge on any atom is 0.121 e. The molecule has 168 valence electrons. The van der Waals surface area contributed by atoms with E-state index in [1.807, 2.05) is 19.1 Å². The van der Waals surface area contributed by atoms with E-state index in [0.29, 0.717) is 17.6 Å². The van der Waals surface area contributed by atoms with Gasteiger partial charge < -0.3 is 15.3 Å². The first kappa shape index (κ1) is 22.2. The van der Waals surface area contributed by atoms with E-state index < -0.39 is 0 Å². The molecule has 0 amide bonds. The summed E-state index contributed by atoms with van der Waals surface area (Å²) in [5, 5.41) is 31.5. The van der Waals surface area contributed by atoms with Crippen molar-refractivity contribution in [3.05, 3.63) is 58.1 Å². The largest absolute Gasteiger partial charge is 0.508 e. The highest BCUT2D eigenvalue weighted by Gasteiger charge is 2.40. The normalized spacial score (nSPS) is 29.1. The molecule has 0 aliphatic heterocycles. The summed E-state index contributed by atoms with van der Waals surface area (Å²) in [6, 6.07) is 10.1. The molecule has 4 rings (SSSR count). The molecular weight excluding hydrogens is 384 g/mol. The van der Waals surface area contributed by atoms with Gasteiger partial charge >= 0.3 is 0 Å². The Bertz CT molecular complexity index is 916. The minimum Gasteiger partial charge on any atom is -0.508 e. The molecule has 2 aliphatic rings. The predicted molar refractivity (Wildman–Crippen MR) is 126 cm³/mol. The molecular formula is C28H38O3. The predicted octanol–water partition coefficient (Wildman–Crippen LogP) is 6.69. The number of hydrogen-bond donors (Lipinski definition) is 3. The van der Waals surface area contributed by atoms with Crippen molar-refractivity contribution in [1.82, 2.24) is 0 Å². The molecule has 2 aromatic carbocycles. The maximum absolute atomic E-state index is 11.0. The van der Waals surface area contributed by atoms with Crippen LogP contribution in [-0.4, -0.2) is 15.3 Å². The molecule has 0 heterocycles. The van der Waals surface area contributed by atoms with Gasteiger partial charge in [-0.15, -0.1) is 0 Å². The van der Waals surface area contributed by atoms with Gasteiger partial charge in [-0.2, -0.15) is 0 Å². The lowest BCUT2D eigenvalue weighted by Gasteiger charge is -2.42. The molecule has 0 bridgehead atoms. The molecule has 3 nitrogen and oxygen atoms in total. The van der Waals surface area contributed by atoms with Crippen molar-refractivity contribution in [2.75, 3.05) is 0 Å². The van der Waals surface area contributed by atoms with Gasteiger partial charge in [0, 0.05) is 11.0 Å². The summed E-state index contributed by atoms with van der Waals surface area (Å²) in [4.78, 5) is 0. The topological polar surface area (TPSA) is 60.7 Å². The molecule has 0 aromatic heterocycles. The average molecular weight is 423 g/mol. The lowest BCUT2D eigenvalue weighted by molar-refractivity contribution is 0.270. The molecule has 3 heteroatoms. The quantitative estimate of drug-likeness (QED) is 0.514. The van der Waals surface area contributed by atoms with E-state index in [9.17, 15) is 15.3 Å². The first-order chi connectivity index (χ1) is 14.8. The zero-order valence-corrected chi connectivity index (χ0v) is 19.3. The number of aromatic hydroxyl groups is 2. The number of benzene rings is 2. The fourth-order valence-corrected chi connectivity index (χ4v) is 6.01. The van der Waals surface area contributed by atoms with Gasteiger partial charge in [0.1, 0.15) is 11.5 Å². The van der Waals surface area contributed by atoms with Gasteiger partial charge in [0.05, 0.1) is 6.61 Å². The summed E-state index contributed by atoms with van der Waals surface area (Å²) < 4.78 is 0. The molecule has 0 spiro atoms. The summed E-state index contributed by atoms with van der Waals surface area (Å²) in [5.41, 5.74) is 4.72. The number of aliphatic hydroxyl groups excluding tert-OH is 1. The molecule has 2 aromatic rings. The molecule has 2 aliphatic carbocycles. The van der Waals surface area contributed by atoms with Crippen LogP contribution in [0.25, 0.3) is 0 Å². The lowest BCUT2D eigenvalue weighted by atomic mass is 9.62. The third kappa shape index (κ3) is 4.22. The van der Waals surface area contributed by atoms with E-state index in [4.69, 9.17) is 0 Å². The Labute approximate surface area is 187 Å². The van der Waals surface area contributed by atoms with E-state index in [2.05, 4.69) is 26.0 Å². The van der Waals surface area contributed by atoms with Crippen LogP contribution in [-0.2, 0) is 12.0 Å². The summed E-state index contributed by atoms with van der Waals surface area (Å²) in [5.74, 6) is 2.61. The highest BCUT2D eigenvalue weighted by Crippen LogP contribution is 2.51. The van der Waals surface area contributed by atoms with Crippen molar-refractivity contribution in [1.29, 1.82) is 0 Å². The number of rotatable bonds is 4. The van der Waals surface area contributed by atoms with Crippen LogP contribution in [0.3, 0.4) is 0 Å². The van der Waals surface area contributed by atoms with Crippen LogP contribution in [0.5, 0.6) is 11.5 Å². The molecule has 0 saturated heterocycles. The fraction of sp³-hybridized carbons (Fsp3) is 0.571. The van der Waals surface area contributed by atoms with Crippen molar-refractivity contribution in [2.24, 2.45) is 11.8 Å². The van der Waals surface area contributed by atoms with Crippen LogP contribution in [0, 0.1) is 18.8 Å². The summed E-state index contributed by atoms with van der Waals surface area (Å²) in [6.07, 6.45) is 8.95. The number of hydrogen-bond acceptors (Lipinski definition) is 3. The lowest BCUT2D eigenvalue weighted by Crippen LogP contribution is -2.33. The standard InChI is InChI=1S/C28H38O3/c1-18-4-7-22(8-5-18)24-16-23(14-20(3)27(24)31)28(12-10-19(2)11-13-28)25-9-6-21(17-29)15-26(25)30/h6,9,14-16,18-19,22,29-31H,4-5,7-8,10-13,17H2,1-3H3. The average Bonchev–Trinajstić information content (AvgIpc) is 2.77. The first-order valence-electron chi connectivity index (χ1n) is 12.1. The van der Waals surface area contributed by atoms with Gasteiger partial charge in [0.15, 0.2) is 0 Å². The monoisotopic (exact) mass is 422 g/mol. The number of phenolic OH excluding ortho intramolecular Hbond substituents is 2. The van der Waals surface area contributed by atoms with E-state index >= 15 is 0 Å². The minimum absolute atomic E-state index is 0.0690. The van der Waals surface area contributed by atoms with Crippen molar-refractivity contribution in [3.8, 4) is 11.5 Å². The van der Waals surface area contributed by atoms with Crippen molar-refractivity contribution in [2.45, 2.75) is 90.1 Å². The Morgan fingerprint density at radius 2 is 1.52 bits per heavy atom. The molecule has 31 heavy (non-hydrogen) atoms. The minimum atomic E-state index is -0.250. The summed E-state index contributed by atoms with van der Waals surface area (Å²) in [6.45, 7) is 6.59. The molecule has 0 radical (unpaired) electrons. The Balaban J connectivity index is 1.82. The van der Waals surface area contributed by atoms with Crippen LogP contribution >= 0.6 is 0 Å². The molecule has 3 N–H and O–H groups in total. The molecule has 0 atom stereocenters. The summed E-state index contributed by atoms with van der Waals surface area (Å²) >= 11 is 0. The van der Waals surface area contributed by atoms with Crippen molar-refractivity contribution >= 4 is 0 Å². The van der Waals surface area contributed by atoms with Gasteiger partial charge in [0.2, 0.25) is 0 Å². The number of aliphatic hydroxyl groups is 1. The maximum atomic E-state index is 11.0. The zero-order chi connectivity index (χ0) is 22.2. The SMILES string of the molecule is Cc1cc(C2(c3ccc(CO)cc3O)CCC(C)CC2)cc(C2CCC(C)CC2)c1O. The Morgan fingerprint density at radius 3 is 2.13 bits per heavy atom. The summed E-state index contributed by atoms with van der Waals surface area (Å²) in [7, 11) is 0. The van der Waals surface area contributed by atoms with Crippen molar-refractivity contribution < 1.29 is 15.3 Å². The highest BCUT2D eigenvalue weighted by molar-refractivity contribution is 5.54. The van der Waals surface area contributed by atoms with Crippen LogP contribution in [0.2, 0.25) is 0 Å². The van der Waals surface area contributed by atoms with Gasteiger partial charge in [0.25, 0.3) is 0 Å². The molecule has 0 unspecified atom stereocenters. The number of aryl methyl sites for hydroxylation is 1. The van der Waals surface area contributed by atoms with E-state index in [0.717, 1.165) is 66.7 Å². The zero-order valence-electron chi connectivity index (χ0n) is 19.3. The fourth-order valence-electron chi connectivity index (χ4n) is 6.01. The Kier molecular flexibility index (Phi) is 6.35. The van der Waals surface area contributed by atoms with Crippen LogP contribution in [0.4, 0.5) is 0 Å². The third-order valence-corrected chi connectivity index (χ3v) is 8.23. The third-order valence-electron chi connectivity index (χ3n) is 8.23. The van der Waals surface area contributed by atoms with Gasteiger partial charge in [-0.05, 0) is 91.5 Å². The second-order valence-electron chi connectivity index (χ2n) is 10.5. The Morgan fingerprint density at radius 1 is 0.871 bits per heavy atom. The van der Waals surface area contributed by atoms with Crippen LogP contribution in [0.1, 0.15) is 98.9 Å². The van der Waals surface area contributed by atoms with Gasteiger partial charge in [-0.25, -0.2) is 0 Å². The molecule has 2 fully saturated rings. The van der Waals surface area contributed by atoms with E-state index in [1.165, 1.54) is 18.4 Å².